The Morgan fingerprint density at radius 2 is 1.70 bits per heavy atom. The van der Waals surface area contributed by atoms with E-state index in [1.165, 1.54) is 44.6 Å². The van der Waals surface area contributed by atoms with Gasteiger partial charge in [0.25, 0.3) is 0 Å². The first-order chi connectivity index (χ1) is 12.6. The number of rotatable bonds is 4. The highest BCUT2D eigenvalue weighted by Crippen LogP contribution is 2.60. The van der Waals surface area contributed by atoms with Crippen LogP contribution in [0.25, 0.3) is 0 Å². The van der Waals surface area contributed by atoms with Crippen molar-refractivity contribution < 1.29 is 18.7 Å². The monoisotopic (exact) mass is 486 g/mol. The van der Waals surface area contributed by atoms with Gasteiger partial charge in [0, 0.05) is 11.5 Å². The van der Waals surface area contributed by atoms with Crippen LogP contribution in [0, 0.1) is 32.6 Å². The second kappa shape index (κ2) is 6.89. The Morgan fingerprint density at radius 3 is 2.22 bits per heavy atom. The fourth-order valence-electron chi connectivity index (χ4n) is 5.83. The minimum Gasteiger partial charge on any atom is -0.492 e. The smallest absolute Gasteiger partial charge is 0.341 e. The lowest BCUT2D eigenvalue weighted by Crippen LogP contribution is -2.48. The van der Waals surface area contributed by atoms with E-state index in [0.717, 1.165) is 21.3 Å². The molecule has 0 heterocycles. The highest BCUT2D eigenvalue weighted by atomic mass is 127. The average molecular weight is 486 g/mol. The molecule has 4 bridgehead atoms. The lowest BCUT2D eigenvalue weighted by atomic mass is 9.50. The molecule has 4 aliphatic carbocycles. The molecule has 0 saturated heterocycles. The zero-order chi connectivity index (χ0) is 19.4. The minimum absolute atomic E-state index is 0.0310. The normalized spacial score (nSPS) is 31.8. The lowest BCUT2D eigenvalue weighted by molar-refractivity contribution is -0.0747. The summed E-state index contributed by atoms with van der Waals surface area (Å²) in [4.78, 5) is 12.2. The quantitative estimate of drug-likeness (QED) is 0.388. The largest absolute Gasteiger partial charge is 0.492 e. The summed E-state index contributed by atoms with van der Waals surface area (Å²) < 4.78 is 26.7. The molecule has 1 aromatic rings. The Kier molecular flexibility index (Phi) is 4.97. The Balaban J connectivity index is 1.47. The molecule has 148 valence electrons. The molecule has 5 heteroatoms. The van der Waals surface area contributed by atoms with Gasteiger partial charge in [-0.15, -0.1) is 0 Å². The van der Waals surface area contributed by atoms with E-state index in [9.17, 15) is 9.18 Å². The Morgan fingerprint density at radius 1 is 1.15 bits per heavy atom. The SMILES string of the molecule is CC(C)(C)OC(=O)c1cc(I)c(OCC23CC4CC(CC(C4)C2)C3)cc1F. The van der Waals surface area contributed by atoms with Gasteiger partial charge in [0.05, 0.1) is 15.7 Å². The Bertz CT molecular complexity index is 717. The lowest BCUT2D eigenvalue weighted by Gasteiger charge is -2.56. The standard InChI is InChI=1S/C22H28FIO3/c1-21(2,3)27-20(25)16-7-18(24)19(8-17(16)23)26-12-22-9-13-4-14(10-22)6-15(5-13)11-22/h7-8,13-15H,4-6,9-12H2,1-3H3. The molecule has 0 radical (unpaired) electrons. The zero-order valence-electron chi connectivity index (χ0n) is 16.3. The van der Waals surface area contributed by atoms with Gasteiger partial charge in [-0.05, 0) is 106 Å². The predicted molar refractivity (Wildman–Crippen MR) is 110 cm³/mol. The van der Waals surface area contributed by atoms with Crippen molar-refractivity contribution in [2.45, 2.75) is 64.9 Å². The number of esters is 1. The van der Waals surface area contributed by atoms with Crippen molar-refractivity contribution in [1.29, 1.82) is 0 Å². The molecule has 0 spiro atoms. The second-order valence-corrected chi connectivity index (χ2v) is 11.1. The van der Waals surface area contributed by atoms with Gasteiger partial charge in [0.15, 0.2) is 0 Å². The Labute approximate surface area is 174 Å². The zero-order valence-corrected chi connectivity index (χ0v) is 18.5. The Hall–Kier alpha value is -0.850. The average Bonchev–Trinajstić information content (AvgIpc) is 2.52. The molecule has 0 unspecified atom stereocenters. The van der Waals surface area contributed by atoms with Crippen molar-refractivity contribution in [2.24, 2.45) is 23.2 Å². The molecule has 0 N–H and O–H groups in total. The first kappa shape index (κ1) is 19.5. The molecule has 4 saturated carbocycles. The van der Waals surface area contributed by atoms with Crippen LogP contribution in [-0.2, 0) is 4.74 Å². The number of benzene rings is 1. The predicted octanol–water partition coefficient (Wildman–Crippen LogP) is 5.98. The minimum atomic E-state index is -0.650. The topological polar surface area (TPSA) is 35.5 Å². The molecule has 0 aromatic heterocycles. The van der Waals surface area contributed by atoms with E-state index >= 15 is 0 Å². The third-order valence-electron chi connectivity index (χ3n) is 6.34. The van der Waals surface area contributed by atoms with Crippen LogP contribution in [0.4, 0.5) is 4.39 Å². The third-order valence-corrected chi connectivity index (χ3v) is 7.18. The maximum absolute atomic E-state index is 14.6. The van der Waals surface area contributed by atoms with Crippen molar-refractivity contribution >= 4 is 28.6 Å². The van der Waals surface area contributed by atoms with Crippen LogP contribution in [0.2, 0.25) is 0 Å². The molecular weight excluding hydrogens is 458 g/mol. The van der Waals surface area contributed by atoms with Crippen LogP contribution in [0.15, 0.2) is 12.1 Å². The van der Waals surface area contributed by atoms with Gasteiger partial charge < -0.3 is 9.47 Å². The highest BCUT2D eigenvalue weighted by molar-refractivity contribution is 14.1. The van der Waals surface area contributed by atoms with Crippen molar-refractivity contribution in [1.82, 2.24) is 0 Å². The molecule has 0 amide bonds. The van der Waals surface area contributed by atoms with Crippen LogP contribution < -0.4 is 4.74 Å². The van der Waals surface area contributed by atoms with Gasteiger partial charge in [-0.2, -0.15) is 0 Å². The van der Waals surface area contributed by atoms with Crippen molar-refractivity contribution in [3.8, 4) is 5.75 Å². The molecular formula is C22H28FIO3. The van der Waals surface area contributed by atoms with Crippen molar-refractivity contribution in [3.63, 3.8) is 0 Å². The summed E-state index contributed by atoms with van der Waals surface area (Å²) in [6.45, 7) is 5.99. The van der Waals surface area contributed by atoms with Gasteiger partial charge >= 0.3 is 5.97 Å². The van der Waals surface area contributed by atoms with Gasteiger partial charge in [-0.1, -0.05) is 0 Å². The van der Waals surface area contributed by atoms with Gasteiger partial charge in [-0.3, -0.25) is 0 Å². The number of hydrogen-bond acceptors (Lipinski definition) is 3. The van der Waals surface area contributed by atoms with Crippen molar-refractivity contribution in [2.75, 3.05) is 6.61 Å². The number of carbonyl (C=O) groups excluding carboxylic acids is 1. The van der Waals surface area contributed by atoms with E-state index in [1.54, 1.807) is 26.8 Å². The summed E-state index contributed by atoms with van der Waals surface area (Å²) in [7, 11) is 0. The molecule has 5 rings (SSSR count). The molecule has 4 fully saturated rings. The number of carbonyl (C=O) groups is 1. The molecule has 0 atom stereocenters. The fraction of sp³-hybridized carbons (Fsp3) is 0.682. The molecule has 3 nitrogen and oxygen atoms in total. The van der Waals surface area contributed by atoms with E-state index in [1.807, 2.05) is 0 Å². The third kappa shape index (κ3) is 4.13. The summed E-state index contributed by atoms with van der Waals surface area (Å²) in [5.74, 6) is 1.92. The van der Waals surface area contributed by atoms with Gasteiger partial charge in [0.2, 0.25) is 0 Å². The summed E-state index contributed by atoms with van der Waals surface area (Å²) in [5, 5.41) is 0. The highest BCUT2D eigenvalue weighted by Gasteiger charge is 2.51. The molecule has 4 aliphatic rings. The number of hydrogen-bond donors (Lipinski definition) is 0. The van der Waals surface area contributed by atoms with Gasteiger partial charge in [0.1, 0.15) is 17.2 Å². The maximum Gasteiger partial charge on any atom is 0.341 e. The fourth-order valence-corrected chi connectivity index (χ4v) is 6.45. The second-order valence-electron chi connectivity index (χ2n) is 9.97. The number of ether oxygens (including phenoxy) is 2. The first-order valence-corrected chi connectivity index (χ1v) is 11.1. The van der Waals surface area contributed by atoms with E-state index in [4.69, 9.17) is 9.47 Å². The van der Waals surface area contributed by atoms with Gasteiger partial charge in [-0.25, -0.2) is 9.18 Å². The van der Waals surface area contributed by atoms with E-state index < -0.39 is 17.4 Å². The maximum atomic E-state index is 14.6. The number of halogens is 2. The molecule has 0 aliphatic heterocycles. The molecule has 27 heavy (non-hydrogen) atoms. The van der Waals surface area contributed by atoms with Crippen molar-refractivity contribution in [3.05, 3.63) is 27.1 Å². The molecule has 1 aromatic carbocycles. The van der Waals surface area contributed by atoms with Crippen LogP contribution in [-0.4, -0.2) is 18.2 Å². The van der Waals surface area contributed by atoms with Crippen LogP contribution >= 0.6 is 22.6 Å². The summed E-state index contributed by atoms with van der Waals surface area (Å²) >= 11 is 2.12. The van der Waals surface area contributed by atoms with Crippen LogP contribution in [0.3, 0.4) is 0 Å². The summed E-state index contributed by atoms with van der Waals surface area (Å²) in [5.41, 5.74) is -0.405. The summed E-state index contributed by atoms with van der Waals surface area (Å²) in [6.07, 6.45) is 7.97. The van der Waals surface area contributed by atoms with Crippen LogP contribution in [0.5, 0.6) is 5.75 Å². The van der Waals surface area contributed by atoms with Crippen LogP contribution in [0.1, 0.15) is 69.7 Å². The van der Waals surface area contributed by atoms with E-state index in [2.05, 4.69) is 22.6 Å². The van der Waals surface area contributed by atoms with E-state index in [0.29, 0.717) is 12.4 Å². The summed E-state index contributed by atoms with van der Waals surface area (Å²) in [6, 6.07) is 2.89. The van der Waals surface area contributed by atoms with E-state index in [-0.39, 0.29) is 11.0 Å². The first-order valence-electron chi connectivity index (χ1n) is 9.98.